The summed E-state index contributed by atoms with van der Waals surface area (Å²) in [7, 11) is 0. The molecule has 2 rings (SSSR count). The van der Waals surface area contributed by atoms with Crippen molar-refractivity contribution in [1.82, 2.24) is 5.32 Å². The highest BCUT2D eigenvalue weighted by Gasteiger charge is 2.18. The van der Waals surface area contributed by atoms with Crippen molar-refractivity contribution in [2.45, 2.75) is 26.3 Å². The van der Waals surface area contributed by atoms with Crippen LogP contribution in [0.25, 0.3) is 6.08 Å². The molecular weight excluding hydrogens is 346 g/mol. The molecule has 0 unspecified atom stereocenters. The van der Waals surface area contributed by atoms with E-state index in [1.807, 2.05) is 20.8 Å². The molecule has 2 aromatic carbocycles. The van der Waals surface area contributed by atoms with Crippen LogP contribution in [0.5, 0.6) is 0 Å². The Morgan fingerprint density at radius 1 is 1.07 bits per heavy atom. The van der Waals surface area contributed by atoms with Crippen molar-refractivity contribution >= 4 is 29.3 Å². The Morgan fingerprint density at radius 2 is 1.78 bits per heavy atom. The third-order valence-corrected chi connectivity index (χ3v) is 3.43. The van der Waals surface area contributed by atoms with Crippen LogP contribution in [0.15, 0.2) is 54.6 Å². The predicted octanol–water partition coefficient (Wildman–Crippen LogP) is 3.78. The largest absolute Gasteiger partial charge is 0.347 e. The van der Waals surface area contributed by atoms with Gasteiger partial charge in [0, 0.05) is 23.7 Å². The molecule has 0 heterocycles. The summed E-state index contributed by atoms with van der Waals surface area (Å²) in [4.78, 5) is 34.9. The number of amides is 2. The van der Waals surface area contributed by atoms with E-state index in [-0.39, 0.29) is 11.6 Å². The molecule has 0 saturated carbocycles. The fraction of sp³-hybridized carbons (Fsp3) is 0.200. The third-order valence-electron chi connectivity index (χ3n) is 3.43. The van der Waals surface area contributed by atoms with Gasteiger partial charge in [0.2, 0.25) is 5.91 Å². The van der Waals surface area contributed by atoms with Crippen LogP contribution in [0.2, 0.25) is 0 Å². The van der Waals surface area contributed by atoms with E-state index >= 15 is 0 Å². The maximum atomic E-state index is 12.4. The number of benzene rings is 2. The summed E-state index contributed by atoms with van der Waals surface area (Å²) in [6.45, 7) is 5.61. The molecule has 0 bridgehead atoms. The van der Waals surface area contributed by atoms with Gasteiger partial charge in [0.05, 0.1) is 16.2 Å². The highest BCUT2D eigenvalue weighted by molar-refractivity contribution is 6.07. The maximum Gasteiger partial charge on any atom is 0.270 e. The number of carbonyl (C=O) groups is 2. The van der Waals surface area contributed by atoms with Gasteiger partial charge >= 0.3 is 0 Å². The van der Waals surface area contributed by atoms with E-state index in [9.17, 15) is 19.7 Å². The van der Waals surface area contributed by atoms with E-state index < -0.39 is 16.4 Å². The maximum absolute atomic E-state index is 12.4. The lowest BCUT2D eigenvalue weighted by atomic mass is 10.1. The number of hydrogen-bond acceptors (Lipinski definition) is 4. The van der Waals surface area contributed by atoms with Gasteiger partial charge in [-0.1, -0.05) is 24.3 Å². The molecule has 0 fully saturated rings. The topological polar surface area (TPSA) is 101 Å². The molecule has 0 atom stereocenters. The van der Waals surface area contributed by atoms with Crippen molar-refractivity contribution in [2.24, 2.45) is 0 Å². The molecule has 2 N–H and O–H groups in total. The summed E-state index contributed by atoms with van der Waals surface area (Å²) in [5.74, 6) is -0.737. The Hall–Kier alpha value is -3.48. The first-order valence-corrected chi connectivity index (χ1v) is 8.31. The number of nitrogens with zero attached hydrogens (tertiary/aromatic N) is 1. The predicted molar refractivity (Wildman–Crippen MR) is 104 cm³/mol. The van der Waals surface area contributed by atoms with Crippen LogP contribution in [-0.4, -0.2) is 22.3 Å². The van der Waals surface area contributed by atoms with Gasteiger partial charge in [-0.25, -0.2) is 0 Å². The quantitative estimate of drug-likeness (QED) is 0.477. The van der Waals surface area contributed by atoms with Crippen LogP contribution in [0.1, 0.15) is 36.7 Å². The number of anilines is 1. The normalized spacial score (nSPS) is 11.2. The molecule has 2 aromatic rings. The molecular formula is C20H21N3O4. The lowest BCUT2D eigenvalue weighted by Gasteiger charge is -2.21. The van der Waals surface area contributed by atoms with Crippen molar-refractivity contribution in [2.75, 3.05) is 5.32 Å². The molecule has 0 aliphatic rings. The first kappa shape index (κ1) is 19.8. The second kappa shape index (κ2) is 8.27. The van der Waals surface area contributed by atoms with E-state index in [0.717, 1.165) is 0 Å². The van der Waals surface area contributed by atoms with Gasteiger partial charge in [-0.3, -0.25) is 19.7 Å². The first-order chi connectivity index (χ1) is 12.7. The van der Waals surface area contributed by atoms with Gasteiger partial charge < -0.3 is 10.6 Å². The van der Waals surface area contributed by atoms with Crippen LogP contribution >= 0.6 is 0 Å². The van der Waals surface area contributed by atoms with Crippen LogP contribution in [-0.2, 0) is 4.79 Å². The number of rotatable bonds is 5. The zero-order valence-electron chi connectivity index (χ0n) is 15.4. The van der Waals surface area contributed by atoms with Crippen molar-refractivity contribution in [3.8, 4) is 0 Å². The third kappa shape index (κ3) is 6.07. The van der Waals surface area contributed by atoms with Gasteiger partial charge in [-0.15, -0.1) is 0 Å². The SMILES string of the molecule is CC(C)(C)NC(=O)c1ccccc1NC(=O)/C=C/c1cccc([N+](=O)[O-])c1. The average Bonchev–Trinajstić information content (AvgIpc) is 2.59. The van der Waals surface area contributed by atoms with Crippen LogP contribution in [0.3, 0.4) is 0 Å². The monoisotopic (exact) mass is 367 g/mol. The van der Waals surface area contributed by atoms with Crippen LogP contribution in [0, 0.1) is 10.1 Å². The van der Waals surface area contributed by atoms with Gasteiger partial charge in [-0.2, -0.15) is 0 Å². The molecule has 140 valence electrons. The lowest BCUT2D eigenvalue weighted by Crippen LogP contribution is -2.40. The summed E-state index contributed by atoms with van der Waals surface area (Å²) in [5, 5.41) is 16.3. The molecule has 2 amide bonds. The zero-order valence-corrected chi connectivity index (χ0v) is 15.4. The first-order valence-electron chi connectivity index (χ1n) is 8.31. The number of hydrogen-bond donors (Lipinski definition) is 2. The molecule has 27 heavy (non-hydrogen) atoms. The number of nitro groups is 1. The Kier molecular flexibility index (Phi) is 6.07. The minimum atomic E-state index is -0.499. The highest BCUT2D eigenvalue weighted by atomic mass is 16.6. The number of nitro benzene ring substituents is 1. The van der Waals surface area contributed by atoms with Crippen LogP contribution < -0.4 is 10.6 Å². The fourth-order valence-corrected chi connectivity index (χ4v) is 2.29. The van der Waals surface area contributed by atoms with E-state index in [1.165, 1.54) is 24.3 Å². The van der Waals surface area contributed by atoms with Crippen LogP contribution in [0.4, 0.5) is 11.4 Å². The Morgan fingerprint density at radius 3 is 2.44 bits per heavy atom. The van der Waals surface area contributed by atoms with E-state index in [1.54, 1.807) is 36.4 Å². The smallest absolute Gasteiger partial charge is 0.270 e. The lowest BCUT2D eigenvalue weighted by molar-refractivity contribution is -0.384. The summed E-state index contributed by atoms with van der Waals surface area (Å²) in [5.41, 5.74) is 0.799. The summed E-state index contributed by atoms with van der Waals surface area (Å²) >= 11 is 0. The van der Waals surface area contributed by atoms with E-state index in [0.29, 0.717) is 16.8 Å². The Labute approximate surface area is 157 Å². The van der Waals surface area contributed by atoms with Crippen molar-refractivity contribution in [3.05, 3.63) is 75.8 Å². The molecule has 0 aliphatic carbocycles. The minimum Gasteiger partial charge on any atom is -0.347 e. The molecule has 7 heteroatoms. The fourth-order valence-electron chi connectivity index (χ4n) is 2.29. The van der Waals surface area contributed by atoms with Gasteiger partial charge in [0.25, 0.3) is 11.6 Å². The summed E-state index contributed by atoms with van der Waals surface area (Å²) in [6, 6.07) is 12.6. The van der Waals surface area contributed by atoms with Gasteiger partial charge in [0.1, 0.15) is 0 Å². The van der Waals surface area contributed by atoms with E-state index in [2.05, 4.69) is 10.6 Å². The molecule has 0 aliphatic heterocycles. The van der Waals surface area contributed by atoms with E-state index in [4.69, 9.17) is 0 Å². The number of non-ortho nitro benzene ring substituents is 1. The van der Waals surface area contributed by atoms with Crippen molar-refractivity contribution < 1.29 is 14.5 Å². The van der Waals surface area contributed by atoms with Crippen molar-refractivity contribution in [1.29, 1.82) is 0 Å². The molecule has 0 spiro atoms. The highest BCUT2D eigenvalue weighted by Crippen LogP contribution is 2.17. The minimum absolute atomic E-state index is 0.0539. The molecule has 0 aromatic heterocycles. The second-order valence-corrected chi connectivity index (χ2v) is 6.92. The molecule has 0 saturated heterocycles. The standard InChI is InChI=1S/C20H21N3O4/c1-20(2,3)22-19(25)16-9-4-5-10-17(16)21-18(24)12-11-14-7-6-8-15(13-14)23(26)27/h4-13H,1-3H3,(H,21,24)(H,22,25)/b12-11+. The number of para-hydroxylation sites is 1. The number of nitrogens with one attached hydrogen (secondary N) is 2. The number of carbonyl (C=O) groups excluding carboxylic acids is 2. The van der Waals surface area contributed by atoms with Gasteiger partial charge in [0.15, 0.2) is 0 Å². The van der Waals surface area contributed by atoms with Gasteiger partial charge in [-0.05, 0) is 44.5 Å². The molecule has 7 nitrogen and oxygen atoms in total. The zero-order chi connectivity index (χ0) is 20.0. The Bertz CT molecular complexity index is 898. The Balaban J connectivity index is 2.13. The second-order valence-electron chi connectivity index (χ2n) is 6.92. The average molecular weight is 367 g/mol. The molecule has 0 radical (unpaired) electrons. The van der Waals surface area contributed by atoms with Crippen molar-refractivity contribution in [3.63, 3.8) is 0 Å². The summed E-state index contributed by atoms with van der Waals surface area (Å²) < 4.78 is 0. The summed E-state index contributed by atoms with van der Waals surface area (Å²) in [6.07, 6.45) is 2.73.